The van der Waals surface area contributed by atoms with E-state index in [9.17, 15) is 15.3 Å². The molecule has 0 atom stereocenters. The molecule has 5 nitrogen and oxygen atoms in total. The monoisotopic (exact) mass is 440 g/mol. The molecule has 2 rings (SSSR count). The van der Waals surface area contributed by atoms with Crippen molar-refractivity contribution in [2.45, 2.75) is 65.5 Å². The van der Waals surface area contributed by atoms with Gasteiger partial charge in [0.25, 0.3) is 0 Å². The van der Waals surface area contributed by atoms with Crippen LogP contribution in [0.3, 0.4) is 0 Å². The molecule has 0 saturated carbocycles. The van der Waals surface area contributed by atoms with Crippen molar-refractivity contribution < 1.29 is 24.8 Å². The average Bonchev–Trinajstić information content (AvgIpc) is 2.84. The maximum absolute atomic E-state index is 10.5. The summed E-state index contributed by atoms with van der Waals surface area (Å²) < 4.78 is 11.6. The molecule has 2 aromatic rings. The van der Waals surface area contributed by atoms with Crippen molar-refractivity contribution in [2.24, 2.45) is 0 Å². The summed E-state index contributed by atoms with van der Waals surface area (Å²) in [4.78, 5) is 0. The summed E-state index contributed by atoms with van der Waals surface area (Å²) in [7, 11) is 1.65. The lowest BCUT2D eigenvalue weighted by atomic mass is 9.96. The smallest absolute Gasteiger partial charge is 0.126 e. The van der Waals surface area contributed by atoms with Crippen molar-refractivity contribution >= 4 is 5.57 Å². The van der Waals surface area contributed by atoms with Crippen molar-refractivity contribution in [2.75, 3.05) is 7.11 Å². The van der Waals surface area contributed by atoms with E-state index in [0.29, 0.717) is 36.3 Å². The van der Waals surface area contributed by atoms with Crippen molar-refractivity contribution in [3.8, 4) is 11.5 Å². The lowest BCUT2D eigenvalue weighted by Crippen LogP contribution is -2.22. The minimum absolute atomic E-state index is 0.104. The third-order valence-corrected chi connectivity index (χ3v) is 5.84. The maximum Gasteiger partial charge on any atom is 0.126 e. The zero-order chi connectivity index (χ0) is 23.6. The molecule has 0 spiro atoms. The standard InChI is InChI=1S/C27H36O5/c1-5-21(9-8-14-27(30,6-2)7-3)25-16-24(12-13-26(25)31-4)32-19-20-10-11-22(17-28)23(15-20)18-29/h8-16,28-30H,5-7,17-19H2,1-4H3/b14-8+,21-9-. The molecule has 0 aliphatic carbocycles. The molecule has 0 unspecified atom stereocenters. The molecule has 0 radical (unpaired) electrons. The quantitative estimate of drug-likeness (QED) is 0.397. The number of allylic oxidation sites excluding steroid dienone is 3. The number of aliphatic hydroxyl groups excluding tert-OH is 2. The molecule has 0 aliphatic heterocycles. The van der Waals surface area contributed by atoms with Crippen molar-refractivity contribution in [1.29, 1.82) is 0 Å². The average molecular weight is 441 g/mol. The van der Waals surface area contributed by atoms with Crippen molar-refractivity contribution in [3.63, 3.8) is 0 Å². The number of methoxy groups -OCH3 is 1. The van der Waals surface area contributed by atoms with Crippen LogP contribution in [0, 0.1) is 0 Å². The zero-order valence-corrected chi connectivity index (χ0v) is 19.6. The highest BCUT2D eigenvalue weighted by atomic mass is 16.5. The van der Waals surface area contributed by atoms with Gasteiger partial charge in [-0.2, -0.15) is 0 Å². The van der Waals surface area contributed by atoms with E-state index in [2.05, 4.69) is 6.92 Å². The predicted octanol–water partition coefficient (Wildman–Crippen LogP) is 5.16. The van der Waals surface area contributed by atoms with Gasteiger partial charge in [-0.1, -0.05) is 51.1 Å². The maximum atomic E-state index is 10.5. The Morgan fingerprint density at radius 3 is 2.28 bits per heavy atom. The van der Waals surface area contributed by atoms with Crippen LogP contribution in [0.1, 0.15) is 62.3 Å². The van der Waals surface area contributed by atoms with Gasteiger partial charge in [0.1, 0.15) is 18.1 Å². The first-order valence-corrected chi connectivity index (χ1v) is 11.2. The number of benzene rings is 2. The molecule has 0 amide bonds. The van der Waals surface area contributed by atoms with Gasteiger partial charge in [0.05, 0.1) is 25.9 Å². The Hall–Kier alpha value is -2.60. The summed E-state index contributed by atoms with van der Waals surface area (Å²) in [5.41, 5.74) is 3.56. The fraction of sp³-hybridized carbons (Fsp3) is 0.407. The van der Waals surface area contributed by atoms with Crippen molar-refractivity contribution in [1.82, 2.24) is 0 Å². The Labute approximate surface area is 191 Å². The summed E-state index contributed by atoms with van der Waals surface area (Å²) in [5.74, 6) is 1.47. The molecular weight excluding hydrogens is 404 g/mol. The molecule has 32 heavy (non-hydrogen) atoms. The van der Waals surface area contributed by atoms with Gasteiger partial charge in [-0.15, -0.1) is 0 Å². The summed E-state index contributed by atoms with van der Waals surface area (Å²) in [5, 5.41) is 29.3. The second-order valence-electron chi connectivity index (χ2n) is 7.79. The third-order valence-electron chi connectivity index (χ3n) is 5.84. The lowest BCUT2D eigenvalue weighted by molar-refractivity contribution is 0.0828. The first-order chi connectivity index (χ1) is 15.4. The molecular formula is C27H36O5. The molecule has 3 N–H and O–H groups in total. The second-order valence-corrected chi connectivity index (χ2v) is 7.79. The van der Waals surface area contributed by atoms with Gasteiger partial charge in [-0.05, 0) is 65.8 Å². The zero-order valence-electron chi connectivity index (χ0n) is 19.6. The summed E-state index contributed by atoms with van der Waals surface area (Å²) in [6.45, 7) is 6.15. The highest BCUT2D eigenvalue weighted by Gasteiger charge is 2.17. The Bertz CT molecular complexity index is 926. The van der Waals surface area contributed by atoms with Gasteiger partial charge in [-0.3, -0.25) is 0 Å². The number of hydrogen-bond donors (Lipinski definition) is 3. The van der Waals surface area contributed by atoms with Crippen LogP contribution in [-0.4, -0.2) is 28.0 Å². The molecule has 0 heterocycles. The molecule has 0 aliphatic rings. The fourth-order valence-electron chi connectivity index (χ4n) is 3.49. The number of aliphatic hydroxyl groups is 3. The van der Waals surface area contributed by atoms with E-state index in [0.717, 1.165) is 28.9 Å². The van der Waals surface area contributed by atoms with Crippen LogP contribution in [0.15, 0.2) is 54.6 Å². The van der Waals surface area contributed by atoms with Crippen LogP contribution in [0.4, 0.5) is 0 Å². The van der Waals surface area contributed by atoms with Crippen LogP contribution >= 0.6 is 0 Å². The van der Waals surface area contributed by atoms with Crippen LogP contribution in [0.5, 0.6) is 11.5 Å². The molecule has 0 fully saturated rings. The summed E-state index contributed by atoms with van der Waals surface area (Å²) >= 11 is 0. The largest absolute Gasteiger partial charge is 0.496 e. The Kier molecular flexibility index (Phi) is 9.97. The van der Waals surface area contributed by atoms with Gasteiger partial charge >= 0.3 is 0 Å². The first kappa shape index (κ1) is 25.7. The predicted molar refractivity (Wildman–Crippen MR) is 129 cm³/mol. The van der Waals surface area contributed by atoms with Crippen LogP contribution in [0.25, 0.3) is 5.57 Å². The van der Waals surface area contributed by atoms with E-state index < -0.39 is 5.60 Å². The van der Waals surface area contributed by atoms with Crippen LogP contribution in [-0.2, 0) is 19.8 Å². The van der Waals surface area contributed by atoms with Crippen molar-refractivity contribution in [3.05, 3.63) is 76.9 Å². The first-order valence-electron chi connectivity index (χ1n) is 11.2. The van der Waals surface area contributed by atoms with E-state index in [4.69, 9.17) is 9.47 Å². The van der Waals surface area contributed by atoms with Gasteiger partial charge in [-0.25, -0.2) is 0 Å². The Morgan fingerprint density at radius 1 is 0.969 bits per heavy atom. The SMILES string of the molecule is CC/C(=C/C=C/C(O)(CC)CC)c1cc(OCc2ccc(CO)c(CO)c2)ccc1OC. The normalized spacial score (nSPS) is 12.4. The summed E-state index contributed by atoms with van der Waals surface area (Å²) in [6, 6.07) is 11.3. The summed E-state index contributed by atoms with van der Waals surface area (Å²) in [6.07, 6.45) is 7.91. The molecule has 2 aromatic carbocycles. The van der Waals surface area contributed by atoms with E-state index in [-0.39, 0.29) is 13.2 Å². The molecule has 0 saturated heterocycles. The number of ether oxygens (including phenoxy) is 2. The topological polar surface area (TPSA) is 79.2 Å². The van der Waals surface area contributed by atoms with E-state index in [1.165, 1.54) is 0 Å². The second kappa shape index (κ2) is 12.4. The molecule has 0 aromatic heterocycles. The van der Waals surface area contributed by atoms with Gasteiger partial charge < -0.3 is 24.8 Å². The van der Waals surface area contributed by atoms with Gasteiger partial charge in [0, 0.05) is 5.56 Å². The van der Waals surface area contributed by atoms with Gasteiger partial charge in [0.15, 0.2) is 0 Å². The molecule has 5 heteroatoms. The molecule has 0 bridgehead atoms. The highest BCUT2D eigenvalue weighted by molar-refractivity contribution is 5.72. The van der Waals surface area contributed by atoms with Crippen LogP contribution in [0.2, 0.25) is 0 Å². The Balaban J connectivity index is 2.26. The van der Waals surface area contributed by atoms with Gasteiger partial charge in [0.2, 0.25) is 0 Å². The minimum Gasteiger partial charge on any atom is -0.496 e. The number of hydrogen-bond acceptors (Lipinski definition) is 5. The van der Waals surface area contributed by atoms with E-state index >= 15 is 0 Å². The van der Waals surface area contributed by atoms with Crippen LogP contribution < -0.4 is 9.47 Å². The third kappa shape index (κ3) is 6.70. The lowest BCUT2D eigenvalue weighted by Gasteiger charge is -2.20. The fourth-order valence-corrected chi connectivity index (χ4v) is 3.49. The van der Waals surface area contributed by atoms with E-state index in [1.54, 1.807) is 7.11 Å². The highest BCUT2D eigenvalue weighted by Crippen LogP contribution is 2.32. The minimum atomic E-state index is -0.788. The molecule has 174 valence electrons. The van der Waals surface area contributed by atoms with E-state index in [1.807, 2.05) is 68.5 Å². The number of rotatable bonds is 12. The Morgan fingerprint density at radius 2 is 1.69 bits per heavy atom.